The summed E-state index contributed by atoms with van der Waals surface area (Å²) in [6.45, 7) is 2.00. The third-order valence-corrected chi connectivity index (χ3v) is 6.93. The molecular formula is C20H23NO3S. The second kappa shape index (κ2) is 7.40. The van der Waals surface area contributed by atoms with Crippen LogP contribution in [0.5, 0.6) is 0 Å². The second-order valence-electron chi connectivity index (χ2n) is 6.69. The van der Waals surface area contributed by atoms with Gasteiger partial charge >= 0.3 is 0 Å². The van der Waals surface area contributed by atoms with Crippen molar-refractivity contribution in [2.75, 3.05) is 5.32 Å². The molecule has 0 spiro atoms. The monoisotopic (exact) mass is 357 g/mol. The van der Waals surface area contributed by atoms with E-state index >= 15 is 0 Å². The molecule has 1 amide bonds. The summed E-state index contributed by atoms with van der Waals surface area (Å²) in [4.78, 5) is 12.5. The first-order chi connectivity index (χ1) is 11.9. The Morgan fingerprint density at radius 3 is 2.44 bits per heavy atom. The van der Waals surface area contributed by atoms with Crippen molar-refractivity contribution in [2.24, 2.45) is 0 Å². The SMILES string of the molecule is Cc1ccc(CC(=O)Nc2cccc(S(=O)(=O)C3CCCC3)c2)cc1. The summed E-state index contributed by atoms with van der Waals surface area (Å²) in [7, 11) is -3.31. The molecule has 5 heteroatoms. The molecule has 0 aliphatic heterocycles. The highest BCUT2D eigenvalue weighted by Gasteiger charge is 2.30. The highest BCUT2D eigenvalue weighted by atomic mass is 32.2. The minimum Gasteiger partial charge on any atom is -0.326 e. The molecule has 0 radical (unpaired) electrons. The van der Waals surface area contributed by atoms with Gasteiger partial charge in [0.15, 0.2) is 9.84 Å². The van der Waals surface area contributed by atoms with Gasteiger partial charge in [-0.1, -0.05) is 48.7 Å². The van der Waals surface area contributed by atoms with E-state index in [4.69, 9.17) is 0 Å². The quantitative estimate of drug-likeness (QED) is 0.883. The highest BCUT2D eigenvalue weighted by Crippen LogP contribution is 2.30. The van der Waals surface area contributed by atoms with Crippen molar-refractivity contribution in [1.82, 2.24) is 0 Å². The van der Waals surface area contributed by atoms with Crippen molar-refractivity contribution in [3.8, 4) is 0 Å². The number of sulfone groups is 1. The smallest absolute Gasteiger partial charge is 0.228 e. The molecule has 0 atom stereocenters. The predicted octanol–water partition coefficient (Wildman–Crippen LogP) is 3.89. The zero-order valence-corrected chi connectivity index (χ0v) is 15.2. The normalized spacial score (nSPS) is 15.2. The number of carbonyl (C=O) groups is 1. The number of hydrogen-bond acceptors (Lipinski definition) is 3. The van der Waals surface area contributed by atoms with E-state index in [-0.39, 0.29) is 17.6 Å². The van der Waals surface area contributed by atoms with Gasteiger partial charge in [-0.25, -0.2) is 8.42 Å². The van der Waals surface area contributed by atoms with Gasteiger partial charge in [0.05, 0.1) is 16.6 Å². The Morgan fingerprint density at radius 2 is 1.76 bits per heavy atom. The van der Waals surface area contributed by atoms with E-state index in [1.807, 2.05) is 31.2 Å². The molecule has 2 aromatic carbocycles. The third kappa shape index (κ3) is 4.28. The third-order valence-electron chi connectivity index (χ3n) is 4.67. The van der Waals surface area contributed by atoms with Crippen LogP contribution < -0.4 is 5.32 Å². The first kappa shape index (κ1) is 17.7. The van der Waals surface area contributed by atoms with E-state index in [1.54, 1.807) is 24.3 Å². The Bertz CT molecular complexity index is 851. The molecule has 0 heterocycles. The van der Waals surface area contributed by atoms with Crippen LogP contribution in [0.4, 0.5) is 5.69 Å². The van der Waals surface area contributed by atoms with Crippen LogP contribution >= 0.6 is 0 Å². The van der Waals surface area contributed by atoms with Crippen LogP contribution in [-0.4, -0.2) is 19.6 Å². The van der Waals surface area contributed by atoms with Gasteiger partial charge in [-0.05, 0) is 43.5 Å². The number of nitrogens with one attached hydrogen (secondary N) is 1. The van der Waals surface area contributed by atoms with Crippen LogP contribution in [0.15, 0.2) is 53.4 Å². The highest BCUT2D eigenvalue weighted by molar-refractivity contribution is 7.92. The largest absolute Gasteiger partial charge is 0.326 e. The topological polar surface area (TPSA) is 63.2 Å². The van der Waals surface area contributed by atoms with Gasteiger partial charge in [0.25, 0.3) is 0 Å². The van der Waals surface area contributed by atoms with Crippen molar-refractivity contribution in [2.45, 2.75) is 49.2 Å². The van der Waals surface area contributed by atoms with E-state index in [9.17, 15) is 13.2 Å². The van der Waals surface area contributed by atoms with Crippen LogP contribution in [-0.2, 0) is 21.1 Å². The van der Waals surface area contributed by atoms with Gasteiger partial charge in [0.1, 0.15) is 0 Å². The average Bonchev–Trinajstić information content (AvgIpc) is 3.12. The first-order valence-corrected chi connectivity index (χ1v) is 10.2. The zero-order valence-electron chi connectivity index (χ0n) is 14.4. The van der Waals surface area contributed by atoms with Crippen LogP contribution in [0.1, 0.15) is 36.8 Å². The summed E-state index contributed by atoms with van der Waals surface area (Å²) in [6, 6.07) is 14.4. The number of rotatable bonds is 5. The lowest BCUT2D eigenvalue weighted by Crippen LogP contribution is -2.18. The molecule has 3 rings (SSSR count). The van der Waals surface area contributed by atoms with E-state index in [2.05, 4.69) is 5.32 Å². The number of carbonyl (C=O) groups excluding carboxylic acids is 1. The minimum atomic E-state index is -3.31. The Labute approximate surface area is 149 Å². The fourth-order valence-corrected chi connectivity index (χ4v) is 5.14. The fraction of sp³-hybridized carbons (Fsp3) is 0.350. The summed E-state index contributed by atoms with van der Waals surface area (Å²) in [5, 5.41) is 2.52. The van der Waals surface area contributed by atoms with Crippen molar-refractivity contribution in [3.63, 3.8) is 0 Å². The lowest BCUT2D eigenvalue weighted by Gasteiger charge is -2.12. The van der Waals surface area contributed by atoms with E-state index < -0.39 is 9.84 Å². The second-order valence-corrected chi connectivity index (χ2v) is 8.92. The zero-order chi connectivity index (χ0) is 17.9. The fourth-order valence-electron chi connectivity index (χ4n) is 3.24. The van der Waals surface area contributed by atoms with Gasteiger partial charge in [-0.3, -0.25) is 4.79 Å². The Hall–Kier alpha value is -2.14. The minimum absolute atomic E-state index is 0.153. The van der Waals surface area contributed by atoms with Crippen molar-refractivity contribution < 1.29 is 13.2 Å². The number of anilines is 1. The van der Waals surface area contributed by atoms with E-state index in [1.165, 1.54) is 0 Å². The van der Waals surface area contributed by atoms with Crippen LogP contribution in [0.3, 0.4) is 0 Å². The Balaban J connectivity index is 1.71. The molecule has 0 bridgehead atoms. The summed E-state index contributed by atoms with van der Waals surface area (Å²) in [5.41, 5.74) is 2.60. The molecular weight excluding hydrogens is 334 g/mol. The van der Waals surface area contributed by atoms with Gasteiger partial charge in [-0.2, -0.15) is 0 Å². The lowest BCUT2D eigenvalue weighted by molar-refractivity contribution is -0.115. The molecule has 1 aliphatic rings. The molecule has 2 aromatic rings. The number of benzene rings is 2. The van der Waals surface area contributed by atoms with E-state index in [0.29, 0.717) is 10.6 Å². The Morgan fingerprint density at radius 1 is 1.08 bits per heavy atom. The number of aryl methyl sites for hydroxylation is 1. The van der Waals surface area contributed by atoms with E-state index in [0.717, 1.165) is 36.8 Å². The van der Waals surface area contributed by atoms with Crippen molar-refractivity contribution >= 4 is 21.4 Å². The number of hydrogen-bond donors (Lipinski definition) is 1. The van der Waals surface area contributed by atoms with Crippen LogP contribution in [0.2, 0.25) is 0 Å². The Kier molecular flexibility index (Phi) is 5.23. The molecule has 25 heavy (non-hydrogen) atoms. The predicted molar refractivity (Wildman–Crippen MR) is 99.4 cm³/mol. The molecule has 1 aliphatic carbocycles. The molecule has 1 fully saturated rings. The number of amides is 1. The maximum atomic E-state index is 12.7. The summed E-state index contributed by atoms with van der Waals surface area (Å²) in [5.74, 6) is -0.153. The molecule has 4 nitrogen and oxygen atoms in total. The molecule has 1 saturated carbocycles. The molecule has 132 valence electrons. The average molecular weight is 357 g/mol. The molecule has 0 aromatic heterocycles. The summed E-state index contributed by atoms with van der Waals surface area (Å²) >= 11 is 0. The maximum Gasteiger partial charge on any atom is 0.228 e. The van der Waals surface area contributed by atoms with Gasteiger partial charge in [0, 0.05) is 5.69 Å². The lowest BCUT2D eigenvalue weighted by atomic mass is 10.1. The summed E-state index contributed by atoms with van der Waals surface area (Å²) in [6.07, 6.45) is 3.66. The van der Waals surface area contributed by atoms with Gasteiger partial charge in [0.2, 0.25) is 5.91 Å². The molecule has 1 N–H and O–H groups in total. The molecule has 0 saturated heterocycles. The molecule has 0 unspecified atom stereocenters. The van der Waals surface area contributed by atoms with Crippen molar-refractivity contribution in [3.05, 3.63) is 59.7 Å². The first-order valence-electron chi connectivity index (χ1n) is 8.64. The standard InChI is InChI=1S/C20H23NO3S/c1-15-9-11-16(12-10-15)13-20(22)21-17-5-4-8-19(14-17)25(23,24)18-6-2-3-7-18/h4-5,8-12,14,18H,2-3,6-7,13H2,1H3,(H,21,22). The van der Waals surface area contributed by atoms with Gasteiger partial charge < -0.3 is 5.32 Å². The van der Waals surface area contributed by atoms with Crippen LogP contribution in [0, 0.1) is 6.92 Å². The van der Waals surface area contributed by atoms with Crippen molar-refractivity contribution in [1.29, 1.82) is 0 Å². The maximum absolute atomic E-state index is 12.7. The summed E-state index contributed by atoms with van der Waals surface area (Å²) < 4.78 is 25.4. The van der Waals surface area contributed by atoms with Gasteiger partial charge in [-0.15, -0.1) is 0 Å². The van der Waals surface area contributed by atoms with Crippen LogP contribution in [0.25, 0.3) is 0 Å².